The van der Waals surface area contributed by atoms with Crippen LogP contribution in [0.2, 0.25) is 0 Å². The summed E-state index contributed by atoms with van der Waals surface area (Å²) in [6.45, 7) is 7.21. The first-order chi connectivity index (χ1) is 6.60. The van der Waals surface area contributed by atoms with Crippen LogP contribution < -0.4 is 0 Å². The van der Waals surface area contributed by atoms with Crippen LogP contribution in [0.15, 0.2) is 0 Å². The summed E-state index contributed by atoms with van der Waals surface area (Å²) < 4.78 is 4.68. The van der Waals surface area contributed by atoms with Crippen LogP contribution in [0.25, 0.3) is 0 Å². The lowest BCUT2D eigenvalue weighted by Crippen LogP contribution is -2.32. The zero-order valence-electron chi connectivity index (χ0n) is 10.1. The first kappa shape index (κ1) is 13.9. The molecular weight excluding hydrogens is 196 g/mol. The highest BCUT2D eigenvalue weighted by molar-refractivity contribution is 5.76. The lowest BCUT2D eigenvalue weighted by Gasteiger charge is -2.31. The first-order valence-electron chi connectivity index (χ1n) is 4.91. The number of esters is 1. The summed E-state index contributed by atoms with van der Waals surface area (Å²) in [6.07, 6.45) is 0.534. The molecule has 0 unspecified atom stereocenters. The fraction of sp³-hybridized carbons (Fsp3) is 0.818. The topological polar surface area (TPSA) is 63.6 Å². The molecular formula is C11H20O4. The summed E-state index contributed by atoms with van der Waals surface area (Å²) >= 11 is 0. The smallest absolute Gasteiger partial charge is 0.311 e. The van der Waals surface area contributed by atoms with Crippen molar-refractivity contribution in [2.45, 2.75) is 40.5 Å². The second-order valence-corrected chi connectivity index (χ2v) is 5.29. The van der Waals surface area contributed by atoms with Gasteiger partial charge in [0.2, 0.25) is 0 Å². The molecule has 0 spiro atoms. The second kappa shape index (κ2) is 4.64. The van der Waals surface area contributed by atoms with Crippen LogP contribution in [0, 0.1) is 10.8 Å². The van der Waals surface area contributed by atoms with Gasteiger partial charge in [-0.3, -0.25) is 9.59 Å². The molecule has 0 radical (unpaired) electrons. The molecule has 0 fully saturated rings. The van der Waals surface area contributed by atoms with Gasteiger partial charge < -0.3 is 9.84 Å². The van der Waals surface area contributed by atoms with Crippen LogP contribution in [0.4, 0.5) is 0 Å². The summed E-state index contributed by atoms with van der Waals surface area (Å²) in [7, 11) is 1.34. The van der Waals surface area contributed by atoms with Gasteiger partial charge in [-0.05, 0) is 25.7 Å². The Labute approximate surface area is 90.6 Å². The van der Waals surface area contributed by atoms with E-state index in [1.54, 1.807) is 13.8 Å². The number of carboxylic acid groups (broad SMARTS) is 1. The Morgan fingerprint density at radius 1 is 1.20 bits per heavy atom. The number of hydrogen-bond donors (Lipinski definition) is 1. The number of carboxylic acids is 1. The van der Waals surface area contributed by atoms with Crippen LogP contribution >= 0.6 is 0 Å². The Morgan fingerprint density at radius 3 is 2.00 bits per heavy atom. The Balaban J connectivity index is 4.56. The van der Waals surface area contributed by atoms with Crippen LogP contribution in [0.5, 0.6) is 0 Å². The molecule has 4 heteroatoms. The van der Waals surface area contributed by atoms with E-state index in [0.29, 0.717) is 6.42 Å². The molecule has 88 valence electrons. The standard InChI is InChI=1S/C11H20O4/c1-10(2,6-8(12)13)7-11(3,4)9(14)15-5/h6-7H2,1-5H3,(H,12,13). The van der Waals surface area contributed by atoms with Gasteiger partial charge in [0, 0.05) is 0 Å². The van der Waals surface area contributed by atoms with Crippen LogP contribution in [0.3, 0.4) is 0 Å². The van der Waals surface area contributed by atoms with Crippen LogP contribution in [-0.2, 0) is 14.3 Å². The first-order valence-corrected chi connectivity index (χ1v) is 4.91. The monoisotopic (exact) mass is 216 g/mol. The molecule has 0 saturated carbocycles. The third kappa shape index (κ3) is 4.81. The minimum atomic E-state index is -0.847. The van der Waals surface area contributed by atoms with Gasteiger partial charge in [-0.25, -0.2) is 0 Å². The van der Waals surface area contributed by atoms with Gasteiger partial charge in [-0.15, -0.1) is 0 Å². The lowest BCUT2D eigenvalue weighted by atomic mass is 9.73. The second-order valence-electron chi connectivity index (χ2n) is 5.29. The molecule has 0 bridgehead atoms. The number of hydrogen-bond acceptors (Lipinski definition) is 3. The number of aliphatic carboxylic acids is 1. The van der Waals surface area contributed by atoms with Gasteiger partial charge >= 0.3 is 11.9 Å². The number of ether oxygens (including phenoxy) is 1. The largest absolute Gasteiger partial charge is 0.481 e. The van der Waals surface area contributed by atoms with Crippen molar-refractivity contribution in [3.8, 4) is 0 Å². The molecule has 0 heterocycles. The molecule has 0 aliphatic rings. The summed E-state index contributed by atoms with van der Waals surface area (Å²) in [4.78, 5) is 22.1. The number of methoxy groups -OCH3 is 1. The maximum atomic E-state index is 11.4. The molecule has 1 N–H and O–H groups in total. The van der Waals surface area contributed by atoms with Gasteiger partial charge in [0.25, 0.3) is 0 Å². The molecule has 0 aromatic rings. The minimum absolute atomic E-state index is 0.0490. The van der Waals surface area contributed by atoms with E-state index in [2.05, 4.69) is 4.74 Å². The van der Waals surface area contributed by atoms with E-state index in [-0.39, 0.29) is 12.4 Å². The molecule has 0 aromatic heterocycles. The van der Waals surface area contributed by atoms with E-state index >= 15 is 0 Å². The molecule has 0 atom stereocenters. The number of carbonyl (C=O) groups is 2. The highest BCUT2D eigenvalue weighted by Crippen LogP contribution is 2.36. The van der Waals surface area contributed by atoms with Gasteiger partial charge in [0.05, 0.1) is 18.9 Å². The van der Waals surface area contributed by atoms with Gasteiger partial charge in [-0.2, -0.15) is 0 Å². The predicted octanol–water partition coefficient (Wildman–Crippen LogP) is 2.08. The van der Waals surface area contributed by atoms with Crippen molar-refractivity contribution in [3.63, 3.8) is 0 Å². The average molecular weight is 216 g/mol. The lowest BCUT2D eigenvalue weighted by molar-refractivity contribution is -0.153. The van der Waals surface area contributed by atoms with Crippen molar-refractivity contribution in [3.05, 3.63) is 0 Å². The van der Waals surface area contributed by atoms with E-state index < -0.39 is 16.8 Å². The maximum absolute atomic E-state index is 11.4. The fourth-order valence-corrected chi connectivity index (χ4v) is 2.02. The highest BCUT2D eigenvalue weighted by Gasteiger charge is 2.36. The van der Waals surface area contributed by atoms with Crippen molar-refractivity contribution >= 4 is 11.9 Å². The van der Waals surface area contributed by atoms with Gasteiger partial charge in [0.1, 0.15) is 0 Å². The fourth-order valence-electron chi connectivity index (χ4n) is 2.02. The summed E-state index contributed by atoms with van der Waals surface area (Å²) in [5.41, 5.74) is -1.06. The molecule has 0 aromatic carbocycles. The Kier molecular flexibility index (Phi) is 4.31. The number of rotatable bonds is 5. The summed E-state index contributed by atoms with van der Waals surface area (Å²) in [5.74, 6) is -1.15. The normalized spacial score (nSPS) is 12.3. The number of carbonyl (C=O) groups excluding carboxylic acids is 1. The molecule has 15 heavy (non-hydrogen) atoms. The summed E-state index contributed by atoms with van der Waals surface area (Å²) in [6, 6.07) is 0. The van der Waals surface area contributed by atoms with Crippen molar-refractivity contribution in [2.75, 3.05) is 7.11 Å². The molecule has 0 aliphatic carbocycles. The van der Waals surface area contributed by atoms with E-state index in [1.807, 2.05) is 13.8 Å². The molecule has 0 saturated heterocycles. The van der Waals surface area contributed by atoms with Gasteiger partial charge in [0.15, 0.2) is 0 Å². The highest BCUT2D eigenvalue weighted by atomic mass is 16.5. The predicted molar refractivity (Wildman–Crippen MR) is 56.4 cm³/mol. The average Bonchev–Trinajstić information content (AvgIpc) is 1.97. The molecule has 0 amide bonds. The minimum Gasteiger partial charge on any atom is -0.481 e. The zero-order valence-corrected chi connectivity index (χ0v) is 10.1. The molecule has 0 aliphatic heterocycles. The van der Waals surface area contributed by atoms with Crippen LogP contribution in [-0.4, -0.2) is 24.2 Å². The van der Waals surface area contributed by atoms with Crippen molar-refractivity contribution in [1.29, 1.82) is 0 Å². The van der Waals surface area contributed by atoms with E-state index in [1.165, 1.54) is 7.11 Å². The molecule has 4 nitrogen and oxygen atoms in total. The Bertz CT molecular complexity index is 253. The quantitative estimate of drug-likeness (QED) is 0.714. The third-order valence-corrected chi connectivity index (χ3v) is 2.29. The summed E-state index contributed by atoms with van der Waals surface area (Å²) in [5, 5.41) is 8.73. The Hall–Kier alpha value is -1.06. The SMILES string of the molecule is COC(=O)C(C)(C)CC(C)(C)CC(=O)O. The van der Waals surface area contributed by atoms with Crippen molar-refractivity contribution in [2.24, 2.45) is 10.8 Å². The van der Waals surface area contributed by atoms with E-state index in [9.17, 15) is 9.59 Å². The maximum Gasteiger partial charge on any atom is 0.311 e. The van der Waals surface area contributed by atoms with Crippen molar-refractivity contribution < 1.29 is 19.4 Å². The van der Waals surface area contributed by atoms with Gasteiger partial charge in [-0.1, -0.05) is 13.8 Å². The van der Waals surface area contributed by atoms with E-state index in [4.69, 9.17) is 5.11 Å². The zero-order chi connectivity index (χ0) is 12.3. The third-order valence-electron chi connectivity index (χ3n) is 2.29. The van der Waals surface area contributed by atoms with Crippen LogP contribution in [0.1, 0.15) is 40.5 Å². The van der Waals surface area contributed by atoms with Crippen molar-refractivity contribution in [1.82, 2.24) is 0 Å². The van der Waals surface area contributed by atoms with E-state index in [0.717, 1.165) is 0 Å². The molecule has 0 rings (SSSR count). The Morgan fingerprint density at radius 2 is 1.67 bits per heavy atom.